The van der Waals surface area contributed by atoms with Gasteiger partial charge in [0.05, 0.1) is 23.8 Å². The molecule has 0 aliphatic heterocycles. The number of halogens is 3. The van der Waals surface area contributed by atoms with Gasteiger partial charge in [-0.05, 0) is 161 Å². The lowest BCUT2D eigenvalue weighted by atomic mass is 9.49. The number of anilines is 1. The van der Waals surface area contributed by atoms with E-state index in [4.69, 9.17) is 0 Å². The number of urea groups is 1. The third kappa shape index (κ3) is 8.08. The van der Waals surface area contributed by atoms with Crippen molar-refractivity contribution >= 4 is 17.5 Å². The number of alkyl halides is 3. The Labute approximate surface area is 334 Å². The Morgan fingerprint density at radius 2 is 1.58 bits per heavy atom. The van der Waals surface area contributed by atoms with Crippen LogP contribution in [-0.2, 0) is 12.6 Å². The SMILES string of the molecule is CC1=CCC[C@@]2(C)[C@@H](CC[C@@]2(O)CN(CC23CC4CC(CC(C4)C2)C3)C(=O)Nc2ccccc2)c2ccc(cc2C(=O)c2cccc(C(F)(F)F)c2)C[C@@H](O)CC1. The van der Waals surface area contributed by atoms with Crippen LogP contribution in [0.4, 0.5) is 23.7 Å². The van der Waals surface area contributed by atoms with E-state index in [1.807, 2.05) is 47.4 Å². The highest BCUT2D eigenvalue weighted by Gasteiger charge is 2.59. The number of hydrogen-bond donors (Lipinski definition) is 3. The quantitative estimate of drug-likeness (QED) is 0.164. The Bertz CT molecular complexity index is 1980. The van der Waals surface area contributed by atoms with Crippen molar-refractivity contribution in [3.05, 3.63) is 112 Å². The highest BCUT2D eigenvalue weighted by Crippen LogP contribution is 2.62. The van der Waals surface area contributed by atoms with Gasteiger partial charge in [-0.3, -0.25) is 4.79 Å². The molecular weight excluding hydrogens is 726 g/mol. The molecule has 0 heterocycles. The Balaban J connectivity index is 1.19. The minimum absolute atomic E-state index is 0.0199. The molecule has 0 spiro atoms. The van der Waals surface area contributed by atoms with E-state index in [2.05, 4.69) is 25.2 Å². The minimum atomic E-state index is -4.61. The van der Waals surface area contributed by atoms with Gasteiger partial charge in [-0.15, -0.1) is 0 Å². The maximum absolute atomic E-state index is 14.5. The van der Waals surface area contributed by atoms with Crippen LogP contribution >= 0.6 is 0 Å². The highest BCUT2D eigenvalue weighted by molar-refractivity contribution is 6.10. The topological polar surface area (TPSA) is 89.9 Å². The van der Waals surface area contributed by atoms with E-state index in [0.29, 0.717) is 86.1 Å². The summed E-state index contributed by atoms with van der Waals surface area (Å²) in [5.74, 6) is 1.23. The van der Waals surface area contributed by atoms with E-state index in [1.165, 1.54) is 31.4 Å². The van der Waals surface area contributed by atoms with Gasteiger partial charge in [0.15, 0.2) is 5.78 Å². The van der Waals surface area contributed by atoms with Gasteiger partial charge in [0.1, 0.15) is 0 Å². The van der Waals surface area contributed by atoms with Crippen LogP contribution in [-0.4, -0.2) is 51.7 Å². The van der Waals surface area contributed by atoms with E-state index < -0.39 is 34.6 Å². The van der Waals surface area contributed by atoms with Crippen LogP contribution in [0.2, 0.25) is 0 Å². The number of allylic oxidation sites excluding steroid dienone is 2. The number of rotatable bonds is 7. The Kier molecular flexibility index (Phi) is 10.7. The summed E-state index contributed by atoms with van der Waals surface area (Å²) in [5.41, 5.74) is 0.499. The first-order chi connectivity index (χ1) is 27.1. The molecule has 57 heavy (non-hydrogen) atoms. The molecule has 3 N–H and O–H groups in total. The second-order valence-electron chi connectivity index (χ2n) is 18.9. The van der Waals surface area contributed by atoms with Gasteiger partial charge >= 0.3 is 12.2 Å². The molecule has 5 fully saturated rings. The van der Waals surface area contributed by atoms with Crippen molar-refractivity contribution in [2.24, 2.45) is 28.6 Å². The highest BCUT2D eigenvalue weighted by atomic mass is 19.4. The van der Waals surface area contributed by atoms with Crippen LogP contribution in [0.5, 0.6) is 0 Å². The second kappa shape index (κ2) is 15.3. The lowest BCUT2D eigenvalue weighted by molar-refractivity contribution is -0.137. The summed E-state index contributed by atoms with van der Waals surface area (Å²) in [4.78, 5) is 30.9. The van der Waals surface area contributed by atoms with Crippen molar-refractivity contribution in [2.45, 2.75) is 121 Å². The largest absolute Gasteiger partial charge is 0.416 e. The molecular formula is C48H57F3N2O4. The number of fused-ring (bicyclic) bond motifs is 8. The molecule has 5 saturated carbocycles. The normalized spacial score (nSPS) is 32.3. The smallest absolute Gasteiger partial charge is 0.393 e. The second-order valence-corrected chi connectivity index (χ2v) is 18.9. The average molecular weight is 783 g/mol. The van der Waals surface area contributed by atoms with Crippen molar-refractivity contribution < 1.29 is 33.0 Å². The van der Waals surface area contributed by atoms with Gasteiger partial charge in [0.25, 0.3) is 0 Å². The van der Waals surface area contributed by atoms with Crippen molar-refractivity contribution in [1.82, 2.24) is 4.90 Å². The van der Waals surface area contributed by atoms with Crippen LogP contribution in [0.15, 0.2) is 84.4 Å². The lowest BCUT2D eigenvalue weighted by Crippen LogP contribution is -2.58. The van der Waals surface area contributed by atoms with Crippen molar-refractivity contribution in [3.8, 4) is 0 Å². The molecule has 0 unspecified atom stereocenters. The number of aliphatic hydroxyl groups is 2. The molecule has 7 aliphatic rings. The molecule has 3 aromatic carbocycles. The number of nitrogens with zero attached hydrogens (tertiary/aromatic N) is 1. The molecule has 10 rings (SSSR count). The first kappa shape index (κ1) is 39.9. The number of ketones is 1. The predicted molar refractivity (Wildman–Crippen MR) is 216 cm³/mol. The first-order valence-electron chi connectivity index (χ1n) is 21.1. The molecule has 2 amide bonds. The van der Waals surface area contributed by atoms with Gasteiger partial charge in [-0.1, -0.05) is 61.0 Å². The Hall–Kier alpha value is -3.95. The number of nitrogens with one attached hydrogen (secondary N) is 1. The minimum Gasteiger partial charge on any atom is -0.393 e. The zero-order chi connectivity index (χ0) is 40.2. The third-order valence-corrected chi connectivity index (χ3v) is 14.8. The maximum Gasteiger partial charge on any atom is 0.416 e. The molecule has 304 valence electrons. The molecule has 9 heteroatoms. The summed E-state index contributed by atoms with van der Waals surface area (Å²) < 4.78 is 41.6. The first-order valence-corrected chi connectivity index (χ1v) is 21.1. The number of carbonyl (C=O) groups is 2. The summed E-state index contributed by atoms with van der Waals surface area (Å²) in [6.45, 7) is 4.87. The number of para-hydroxylation sites is 1. The van der Waals surface area contributed by atoms with E-state index in [0.717, 1.165) is 42.5 Å². The number of hydrogen-bond acceptors (Lipinski definition) is 4. The summed E-state index contributed by atoms with van der Waals surface area (Å²) in [6.07, 6.45) is 7.77. The average Bonchev–Trinajstić information content (AvgIpc) is 3.41. The van der Waals surface area contributed by atoms with Crippen LogP contribution < -0.4 is 5.32 Å². The van der Waals surface area contributed by atoms with E-state index in [9.17, 15) is 33.0 Å². The zero-order valence-electron chi connectivity index (χ0n) is 33.3. The standard InChI is InChI=1S/C48H57F3N2O4/c1-31-8-7-18-45(2)42(40-16-14-32(23-39(54)15-13-31)24-41(40)43(55)36-9-6-10-37(25-36)48(49,50)51)17-19-47(45,57)30-53(44(56)52-38-11-4-3-5-12-38)29-46-26-33-20-34(27-46)22-35(21-33)28-46/h3-6,8-12,14,16,24-25,33-35,39,42,54,57H,7,13,15,17-23,26-30H2,1-2H3,(H,52,56)/t33?,34?,35?,39-,42-,45-,46?,47+/m0/s1. The van der Waals surface area contributed by atoms with Gasteiger partial charge in [-0.25, -0.2) is 4.79 Å². The van der Waals surface area contributed by atoms with Gasteiger partial charge < -0.3 is 20.4 Å². The monoisotopic (exact) mass is 782 g/mol. The summed E-state index contributed by atoms with van der Waals surface area (Å²) in [6, 6.07) is 19.4. The van der Waals surface area contributed by atoms with Crippen LogP contribution in [0, 0.1) is 28.6 Å². The van der Waals surface area contributed by atoms with Crippen LogP contribution in [0.1, 0.15) is 129 Å². The third-order valence-electron chi connectivity index (χ3n) is 14.8. The fourth-order valence-electron chi connectivity index (χ4n) is 12.3. The fourth-order valence-corrected chi connectivity index (χ4v) is 12.3. The van der Waals surface area contributed by atoms with Crippen molar-refractivity contribution in [3.63, 3.8) is 0 Å². The predicted octanol–water partition coefficient (Wildman–Crippen LogP) is 10.7. The lowest BCUT2D eigenvalue weighted by Gasteiger charge is -2.58. The number of aliphatic hydroxyl groups excluding tert-OH is 1. The molecule has 6 bridgehead atoms. The molecule has 7 aliphatic carbocycles. The van der Waals surface area contributed by atoms with E-state index in [1.54, 1.807) is 6.07 Å². The fraction of sp³-hybridized carbons (Fsp3) is 0.542. The molecule has 0 saturated heterocycles. The van der Waals surface area contributed by atoms with Crippen molar-refractivity contribution in [2.75, 3.05) is 18.4 Å². The van der Waals surface area contributed by atoms with E-state index in [-0.39, 0.29) is 29.5 Å². The van der Waals surface area contributed by atoms with E-state index >= 15 is 0 Å². The zero-order valence-corrected chi connectivity index (χ0v) is 33.3. The molecule has 3 aromatic rings. The van der Waals surface area contributed by atoms with Crippen LogP contribution in [0.3, 0.4) is 0 Å². The molecule has 4 atom stereocenters. The summed E-state index contributed by atoms with van der Waals surface area (Å²) in [5, 5.41) is 27.4. The van der Waals surface area contributed by atoms with Crippen molar-refractivity contribution in [1.29, 1.82) is 0 Å². The van der Waals surface area contributed by atoms with Gasteiger partial charge in [0.2, 0.25) is 0 Å². The number of carbonyl (C=O) groups excluding carboxylic acids is 2. The number of benzene rings is 3. The van der Waals surface area contributed by atoms with Gasteiger partial charge in [-0.2, -0.15) is 13.2 Å². The summed E-state index contributed by atoms with van der Waals surface area (Å²) >= 11 is 0. The van der Waals surface area contributed by atoms with Crippen LogP contribution in [0.25, 0.3) is 0 Å². The summed E-state index contributed by atoms with van der Waals surface area (Å²) in [7, 11) is 0. The Morgan fingerprint density at radius 3 is 2.26 bits per heavy atom. The maximum atomic E-state index is 14.5. The molecule has 0 radical (unpaired) electrons. The Morgan fingerprint density at radius 1 is 0.877 bits per heavy atom. The molecule has 6 nitrogen and oxygen atoms in total. The number of amides is 2. The molecule has 0 aromatic heterocycles. The van der Waals surface area contributed by atoms with Gasteiger partial charge in [0, 0.05) is 28.8 Å².